The van der Waals surface area contributed by atoms with Gasteiger partial charge in [-0.1, -0.05) is 6.92 Å². The van der Waals surface area contributed by atoms with Gasteiger partial charge in [0.2, 0.25) is 0 Å². The van der Waals surface area contributed by atoms with E-state index in [1.165, 1.54) is 20.0 Å². The van der Waals surface area contributed by atoms with Gasteiger partial charge in [-0.2, -0.15) is 0 Å². The molecule has 1 aliphatic carbocycles. The summed E-state index contributed by atoms with van der Waals surface area (Å²) in [6, 6.07) is 0.0394. The Morgan fingerprint density at radius 1 is 1.62 bits per heavy atom. The minimum absolute atomic E-state index is 0.0394. The molecule has 0 N–H and O–H groups in total. The van der Waals surface area contributed by atoms with E-state index in [-0.39, 0.29) is 12.0 Å². The first-order valence-electron chi connectivity index (χ1n) is 5.03. The molecule has 0 bridgehead atoms. The van der Waals surface area contributed by atoms with E-state index in [0.717, 1.165) is 19.5 Å². The minimum Gasteiger partial charge on any atom is -0.468 e. The summed E-state index contributed by atoms with van der Waals surface area (Å²) in [5.41, 5.74) is 0.495. The van der Waals surface area contributed by atoms with Crippen LogP contribution in [0.15, 0.2) is 0 Å². The van der Waals surface area contributed by atoms with E-state index in [2.05, 4.69) is 11.8 Å². The Labute approximate surface area is 79.0 Å². The molecule has 0 radical (unpaired) electrons. The first-order valence-corrected chi connectivity index (χ1v) is 5.03. The quantitative estimate of drug-likeness (QED) is 0.599. The van der Waals surface area contributed by atoms with Gasteiger partial charge in [0.15, 0.2) is 0 Å². The number of likely N-dealkylation sites (N-methyl/N-ethyl adjacent to an activating group) is 1. The van der Waals surface area contributed by atoms with Crippen LogP contribution in [-0.4, -0.2) is 37.1 Å². The molecule has 3 nitrogen and oxygen atoms in total. The van der Waals surface area contributed by atoms with Crippen molar-refractivity contribution in [3.8, 4) is 0 Å². The summed E-state index contributed by atoms with van der Waals surface area (Å²) in [7, 11) is 1.48. The van der Waals surface area contributed by atoms with Crippen molar-refractivity contribution in [1.82, 2.24) is 4.90 Å². The summed E-state index contributed by atoms with van der Waals surface area (Å²) in [5.74, 6) is -0.0503. The molecule has 3 heteroatoms. The highest BCUT2D eigenvalue weighted by molar-refractivity contribution is 5.76. The van der Waals surface area contributed by atoms with E-state index in [1.807, 2.05) is 0 Å². The Bertz CT molecular complexity index is 223. The molecular formula is C10H17NO2. The van der Waals surface area contributed by atoms with Gasteiger partial charge in [0.25, 0.3) is 0 Å². The minimum atomic E-state index is -0.0503. The predicted octanol–water partition coefficient (Wildman–Crippen LogP) is 1.03. The van der Waals surface area contributed by atoms with Gasteiger partial charge in [-0.15, -0.1) is 0 Å². The third-order valence-electron chi connectivity index (χ3n) is 3.44. The Morgan fingerprint density at radius 3 is 2.77 bits per heavy atom. The van der Waals surface area contributed by atoms with Gasteiger partial charge in [-0.25, -0.2) is 0 Å². The monoisotopic (exact) mass is 183 g/mol. The van der Waals surface area contributed by atoms with E-state index in [0.29, 0.717) is 5.41 Å². The van der Waals surface area contributed by atoms with Crippen molar-refractivity contribution < 1.29 is 9.53 Å². The average molecular weight is 183 g/mol. The fraction of sp³-hybridized carbons (Fsp3) is 0.900. The molecule has 2 rings (SSSR count). The van der Waals surface area contributed by atoms with Crippen LogP contribution < -0.4 is 0 Å². The van der Waals surface area contributed by atoms with E-state index in [4.69, 9.17) is 4.74 Å². The van der Waals surface area contributed by atoms with E-state index >= 15 is 0 Å². The second-order valence-corrected chi connectivity index (χ2v) is 4.31. The molecule has 0 aromatic heterocycles. The van der Waals surface area contributed by atoms with Crippen molar-refractivity contribution in [3.05, 3.63) is 0 Å². The van der Waals surface area contributed by atoms with Gasteiger partial charge < -0.3 is 4.74 Å². The van der Waals surface area contributed by atoms with Gasteiger partial charge in [0.1, 0.15) is 6.04 Å². The number of carbonyl (C=O) groups is 1. The molecule has 2 aliphatic rings. The zero-order valence-electron chi connectivity index (χ0n) is 8.38. The molecule has 13 heavy (non-hydrogen) atoms. The Kier molecular flexibility index (Phi) is 2.06. The highest BCUT2D eigenvalue weighted by Gasteiger charge is 2.53. The van der Waals surface area contributed by atoms with Gasteiger partial charge in [-0.05, 0) is 31.2 Å². The van der Waals surface area contributed by atoms with Crippen LogP contribution in [0.1, 0.15) is 26.2 Å². The third-order valence-corrected chi connectivity index (χ3v) is 3.44. The zero-order valence-corrected chi connectivity index (χ0v) is 8.38. The first kappa shape index (κ1) is 9.00. The maximum atomic E-state index is 11.4. The van der Waals surface area contributed by atoms with Gasteiger partial charge in [0, 0.05) is 6.54 Å². The van der Waals surface area contributed by atoms with Gasteiger partial charge in [0.05, 0.1) is 7.11 Å². The van der Waals surface area contributed by atoms with Crippen LogP contribution in [0.3, 0.4) is 0 Å². The van der Waals surface area contributed by atoms with Crippen LogP contribution >= 0.6 is 0 Å². The Balaban J connectivity index is 2.05. The Hall–Kier alpha value is -0.570. The van der Waals surface area contributed by atoms with Gasteiger partial charge in [-0.3, -0.25) is 9.69 Å². The number of likely N-dealkylation sites (tertiary alicyclic amines) is 1. The molecular weight excluding hydrogens is 166 g/mol. The molecule has 1 heterocycles. The van der Waals surface area contributed by atoms with Crippen LogP contribution in [0.25, 0.3) is 0 Å². The van der Waals surface area contributed by atoms with E-state index < -0.39 is 0 Å². The largest absolute Gasteiger partial charge is 0.468 e. The van der Waals surface area contributed by atoms with Crippen LogP contribution in [0.2, 0.25) is 0 Å². The summed E-state index contributed by atoms with van der Waals surface area (Å²) < 4.78 is 4.81. The lowest BCUT2D eigenvalue weighted by molar-refractivity contribution is -0.145. The lowest BCUT2D eigenvalue weighted by atomic mass is 10.0. The first-order chi connectivity index (χ1) is 6.21. The fourth-order valence-corrected chi connectivity index (χ4v) is 2.38. The summed E-state index contributed by atoms with van der Waals surface area (Å²) >= 11 is 0. The van der Waals surface area contributed by atoms with Gasteiger partial charge >= 0.3 is 5.97 Å². The average Bonchev–Trinajstić information content (AvgIpc) is 2.77. The molecule has 74 valence electrons. The van der Waals surface area contributed by atoms with Crippen molar-refractivity contribution >= 4 is 5.97 Å². The normalized spacial score (nSPS) is 30.8. The SMILES string of the molecule is CCN1CC2(CC2)C[C@H]1C(=O)OC. The van der Waals surface area contributed by atoms with Crippen LogP contribution in [-0.2, 0) is 9.53 Å². The summed E-state index contributed by atoms with van der Waals surface area (Å²) in [6.07, 6.45) is 3.63. The highest BCUT2D eigenvalue weighted by Crippen LogP contribution is 2.54. The lowest BCUT2D eigenvalue weighted by Gasteiger charge is -2.19. The number of ether oxygens (including phenoxy) is 1. The summed E-state index contributed by atoms with van der Waals surface area (Å²) in [5, 5.41) is 0. The molecule has 0 aromatic carbocycles. The molecule has 1 atom stereocenters. The number of rotatable bonds is 2. The maximum Gasteiger partial charge on any atom is 0.323 e. The molecule has 2 fully saturated rings. The fourth-order valence-electron chi connectivity index (χ4n) is 2.38. The summed E-state index contributed by atoms with van der Waals surface area (Å²) in [6.45, 7) is 4.17. The number of hydrogen-bond acceptors (Lipinski definition) is 3. The number of methoxy groups -OCH3 is 1. The molecule has 0 amide bonds. The molecule has 0 aromatic rings. The van der Waals surface area contributed by atoms with Crippen LogP contribution in [0.5, 0.6) is 0 Å². The molecule has 1 aliphatic heterocycles. The van der Waals surface area contributed by atoms with Crippen LogP contribution in [0.4, 0.5) is 0 Å². The summed E-state index contributed by atoms with van der Waals surface area (Å²) in [4.78, 5) is 13.7. The number of hydrogen-bond donors (Lipinski definition) is 0. The lowest BCUT2D eigenvalue weighted by Crippen LogP contribution is -2.36. The zero-order chi connectivity index (χ0) is 9.47. The maximum absolute atomic E-state index is 11.4. The van der Waals surface area contributed by atoms with E-state index in [1.54, 1.807) is 0 Å². The molecule has 0 unspecified atom stereocenters. The van der Waals surface area contributed by atoms with Crippen molar-refractivity contribution in [1.29, 1.82) is 0 Å². The molecule has 1 saturated carbocycles. The predicted molar refractivity (Wildman–Crippen MR) is 49.3 cm³/mol. The molecule has 1 saturated heterocycles. The number of carbonyl (C=O) groups excluding carboxylic acids is 1. The standard InChI is InChI=1S/C10H17NO2/c1-3-11-7-10(4-5-10)6-8(11)9(12)13-2/h8H,3-7H2,1-2H3/t8-/m0/s1. The number of nitrogens with zero attached hydrogens (tertiary/aromatic N) is 1. The van der Waals surface area contributed by atoms with Crippen LogP contribution in [0, 0.1) is 5.41 Å². The van der Waals surface area contributed by atoms with E-state index in [9.17, 15) is 4.79 Å². The second-order valence-electron chi connectivity index (χ2n) is 4.31. The molecule has 1 spiro atoms. The highest BCUT2D eigenvalue weighted by atomic mass is 16.5. The van der Waals surface area contributed by atoms with Crippen molar-refractivity contribution in [2.75, 3.05) is 20.2 Å². The number of esters is 1. The smallest absolute Gasteiger partial charge is 0.323 e. The van der Waals surface area contributed by atoms with Crippen molar-refractivity contribution in [2.24, 2.45) is 5.41 Å². The Morgan fingerprint density at radius 2 is 2.31 bits per heavy atom. The van der Waals surface area contributed by atoms with Crippen molar-refractivity contribution in [3.63, 3.8) is 0 Å². The topological polar surface area (TPSA) is 29.5 Å². The van der Waals surface area contributed by atoms with Crippen molar-refractivity contribution in [2.45, 2.75) is 32.2 Å². The third kappa shape index (κ3) is 1.46. The second kappa shape index (κ2) is 2.98.